The van der Waals surface area contributed by atoms with Gasteiger partial charge in [0, 0.05) is 23.2 Å². The number of hydrogen-bond acceptors (Lipinski definition) is 2. The maximum atomic E-state index is 13.8. The summed E-state index contributed by atoms with van der Waals surface area (Å²) in [7, 11) is 0. The Bertz CT molecular complexity index is 1020. The van der Waals surface area contributed by atoms with Gasteiger partial charge in [-0.05, 0) is 92.8 Å². The molecule has 0 spiro atoms. The van der Waals surface area contributed by atoms with Crippen molar-refractivity contribution in [3.05, 3.63) is 77.2 Å². The van der Waals surface area contributed by atoms with Gasteiger partial charge in [-0.2, -0.15) is 0 Å². The molecule has 1 heterocycles. The highest BCUT2D eigenvalue weighted by Crippen LogP contribution is 2.39. The Hall–Kier alpha value is -2.75. The lowest BCUT2D eigenvalue weighted by molar-refractivity contribution is 0.0917. The molecule has 1 fully saturated rings. The molecular formula is C25H27FN2O. The van der Waals surface area contributed by atoms with Crippen molar-refractivity contribution in [2.24, 2.45) is 5.92 Å². The number of carbonyl (C=O) groups is 1. The van der Waals surface area contributed by atoms with Crippen LogP contribution in [0.2, 0.25) is 0 Å². The Labute approximate surface area is 171 Å². The first-order valence-corrected chi connectivity index (χ1v) is 10.4. The fourth-order valence-corrected chi connectivity index (χ4v) is 4.66. The fourth-order valence-electron chi connectivity index (χ4n) is 4.66. The maximum Gasteiger partial charge on any atom is 0.251 e. The molecule has 3 nitrogen and oxygen atoms in total. The summed E-state index contributed by atoms with van der Waals surface area (Å²) in [5.74, 6) is 0.670. The second-order valence-corrected chi connectivity index (χ2v) is 8.25. The molecular weight excluding hydrogens is 363 g/mol. The molecule has 1 aromatic heterocycles. The van der Waals surface area contributed by atoms with Gasteiger partial charge in [0.05, 0.1) is 5.52 Å². The van der Waals surface area contributed by atoms with Crippen LogP contribution >= 0.6 is 0 Å². The van der Waals surface area contributed by atoms with E-state index in [1.807, 2.05) is 43.5 Å². The highest BCUT2D eigenvalue weighted by molar-refractivity contribution is 5.95. The molecule has 1 aliphatic rings. The summed E-state index contributed by atoms with van der Waals surface area (Å²) in [5.41, 5.74) is 3.80. The van der Waals surface area contributed by atoms with E-state index in [0.29, 0.717) is 11.8 Å². The zero-order chi connectivity index (χ0) is 20.4. The van der Waals surface area contributed by atoms with Crippen molar-refractivity contribution >= 4 is 16.8 Å². The van der Waals surface area contributed by atoms with Gasteiger partial charge in [0.15, 0.2) is 0 Å². The van der Waals surface area contributed by atoms with Gasteiger partial charge >= 0.3 is 0 Å². The number of fused-ring (bicyclic) bond motifs is 1. The van der Waals surface area contributed by atoms with Crippen molar-refractivity contribution in [3.8, 4) is 0 Å². The van der Waals surface area contributed by atoms with E-state index in [9.17, 15) is 9.18 Å². The summed E-state index contributed by atoms with van der Waals surface area (Å²) in [6, 6.07) is 14.7. The minimum atomic E-state index is -0.215. The van der Waals surface area contributed by atoms with Crippen molar-refractivity contribution in [2.45, 2.75) is 51.5 Å². The molecule has 0 saturated heterocycles. The van der Waals surface area contributed by atoms with E-state index in [0.717, 1.165) is 47.7 Å². The number of carbonyl (C=O) groups excluding carboxylic acids is 1. The minimum absolute atomic E-state index is 0.00771. The average Bonchev–Trinajstić information content (AvgIpc) is 2.73. The number of aromatic nitrogens is 1. The zero-order valence-electron chi connectivity index (χ0n) is 17.0. The first-order valence-electron chi connectivity index (χ1n) is 10.4. The van der Waals surface area contributed by atoms with E-state index in [-0.39, 0.29) is 17.8 Å². The highest BCUT2D eigenvalue weighted by Gasteiger charge is 2.28. The Morgan fingerprint density at radius 2 is 1.86 bits per heavy atom. The largest absolute Gasteiger partial charge is 0.349 e. The van der Waals surface area contributed by atoms with Gasteiger partial charge in [0.25, 0.3) is 5.91 Å². The topological polar surface area (TPSA) is 42.0 Å². The zero-order valence-corrected chi connectivity index (χ0v) is 17.0. The number of nitrogens with zero attached hydrogens (tertiary/aromatic N) is 1. The van der Waals surface area contributed by atoms with Gasteiger partial charge in [0.2, 0.25) is 0 Å². The summed E-state index contributed by atoms with van der Waals surface area (Å²) < 4.78 is 13.8. The molecule has 3 aromatic rings. The molecule has 1 aliphatic carbocycles. The number of rotatable bonds is 4. The van der Waals surface area contributed by atoms with Crippen LogP contribution in [0.4, 0.5) is 4.39 Å². The minimum Gasteiger partial charge on any atom is -0.349 e. The third kappa shape index (κ3) is 4.16. The van der Waals surface area contributed by atoms with Gasteiger partial charge in [0.1, 0.15) is 5.82 Å². The van der Waals surface area contributed by atoms with E-state index >= 15 is 0 Å². The second-order valence-electron chi connectivity index (χ2n) is 8.25. The normalized spacial score (nSPS) is 20.4. The quantitative estimate of drug-likeness (QED) is 0.614. The third-order valence-electron chi connectivity index (χ3n) is 6.40. The molecule has 1 amide bonds. The van der Waals surface area contributed by atoms with Gasteiger partial charge in [-0.3, -0.25) is 9.78 Å². The van der Waals surface area contributed by atoms with Crippen molar-refractivity contribution < 1.29 is 9.18 Å². The SMILES string of the molecule is Cc1ccccc1C(=O)N[C@H](C)C1CCC(c2ccnc3ccc(F)cc23)CC1. The molecule has 4 heteroatoms. The van der Waals surface area contributed by atoms with Crippen molar-refractivity contribution in [2.75, 3.05) is 0 Å². The molecule has 0 aliphatic heterocycles. The van der Waals surface area contributed by atoms with Gasteiger partial charge in [-0.15, -0.1) is 0 Å². The molecule has 1 N–H and O–H groups in total. The Kier molecular flexibility index (Phi) is 5.61. The van der Waals surface area contributed by atoms with Crippen LogP contribution in [0.25, 0.3) is 10.9 Å². The van der Waals surface area contributed by atoms with Crippen LogP contribution in [-0.2, 0) is 0 Å². The molecule has 2 aromatic carbocycles. The molecule has 0 bridgehead atoms. The molecule has 1 saturated carbocycles. The van der Waals surface area contributed by atoms with E-state index in [1.54, 1.807) is 12.1 Å². The number of nitrogens with one attached hydrogen (secondary N) is 1. The third-order valence-corrected chi connectivity index (χ3v) is 6.40. The Morgan fingerprint density at radius 1 is 1.10 bits per heavy atom. The molecule has 0 radical (unpaired) electrons. The van der Waals surface area contributed by atoms with Crippen LogP contribution in [0.5, 0.6) is 0 Å². The monoisotopic (exact) mass is 390 g/mol. The average molecular weight is 391 g/mol. The summed E-state index contributed by atoms with van der Waals surface area (Å²) in [5, 5.41) is 4.13. The summed E-state index contributed by atoms with van der Waals surface area (Å²) >= 11 is 0. The molecule has 150 valence electrons. The van der Waals surface area contributed by atoms with Crippen LogP contribution < -0.4 is 5.32 Å². The first kappa shape index (κ1) is 19.6. The lowest BCUT2D eigenvalue weighted by Gasteiger charge is -2.33. The van der Waals surface area contributed by atoms with E-state index in [4.69, 9.17) is 0 Å². The number of aryl methyl sites for hydroxylation is 1. The number of amides is 1. The van der Waals surface area contributed by atoms with Crippen molar-refractivity contribution in [1.29, 1.82) is 0 Å². The fraction of sp³-hybridized carbons (Fsp3) is 0.360. The number of benzene rings is 2. The Balaban J connectivity index is 1.41. The second kappa shape index (κ2) is 8.32. The lowest BCUT2D eigenvalue weighted by Crippen LogP contribution is -2.39. The highest BCUT2D eigenvalue weighted by atomic mass is 19.1. The number of hydrogen-bond donors (Lipinski definition) is 1. The van der Waals surface area contributed by atoms with Crippen molar-refractivity contribution in [1.82, 2.24) is 10.3 Å². The maximum absolute atomic E-state index is 13.8. The van der Waals surface area contributed by atoms with Gasteiger partial charge in [-0.1, -0.05) is 18.2 Å². The first-order chi connectivity index (χ1) is 14.0. The van der Waals surface area contributed by atoms with E-state index < -0.39 is 0 Å². The van der Waals surface area contributed by atoms with Gasteiger partial charge < -0.3 is 5.32 Å². The van der Waals surface area contributed by atoms with Crippen LogP contribution in [0.1, 0.15) is 60.0 Å². The van der Waals surface area contributed by atoms with Crippen LogP contribution in [0.15, 0.2) is 54.7 Å². The Morgan fingerprint density at radius 3 is 2.62 bits per heavy atom. The van der Waals surface area contributed by atoms with E-state index in [1.165, 1.54) is 11.6 Å². The number of pyridine rings is 1. The van der Waals surface area contributed by atoms with E-state index in [2.05, 4.69) is 17.2 Å². The van der Waals surface area contributed by atoms with Crippen LogP contribution in [-0.4, -0.2) is 16.9 Å². The molecule has 1 atom stereocenters. The van der Waals surface area contributed by atoms with Crippen LogP contribution in [0, 0.1) is 18.7 Å². The molecule has 4 rings (SSSR count). The van der Waals surface area contributed by atoms with Gasteiger partial charge in [-0.25, -0.2) is 4.39 Å². The smallest absolute Gasteiger partial charge is 0.251 e. The van der Waals surface area contributed by atoms with Crippen molar-refractivity contribution in [3.63, 3.8) is 0 Å². The predicted octanol–water partition coefficient (Wildman–Crippen LogP) is 5.77. The lowest BCUT2D eigenvalue weighted by atomic mass is 9.75. The summed E-state index contributed by atoms with van der Waals surface area (Å²) in [4.78, 5) is 17.0. The molecule has 0 unspecified atom stereocenters. The van der Waals surface area contributed by atoms with Crippen LogP contribution in [0.3, 0.4) is 0 Å². The summed E-state index contributed by atoms with van der Waals surface area (Å²) in [6.45, 7) is 4.07. The standard InChI is InChI=1S/C25H27FN2O/c1-16-5-3-4-6-21(16)25(29)28-17(2)18-7-9-19(10-8-18)22-13-14-27-24-12-11-20(26)15-23(22)24/h3-6,11-15,17-19H,7-10H2,1-2H3,(H,28,29)/t17-,18?,19?/m1/s1. The molecule has 29 heavy (non-hydrogen) atoms. The predicted molar refractivity (Wildman–Crippen MR) is 115 cm³/mol. The number of halogens is 1. The summed E-state index contributed by atoms with van der Waals surface area (Å²) in [6.07, 6.45) is 6.03.